The van der Waals surface area contributed by atoms with Gasteiger partial charge in [0.1, 0.15) is 5.82 Å². The number of aromatic amines is 1. The van der Waals surface area contributed by atoms with Gasteiger partial charge in [0.15, 0.2) is 18.1 Å². The molecule has 3 aromatic carbocycles. The molecular formula is C24H23N3O3. The first-order valence-corrected chi connectivity index (χ1v) is 9.79. The number of H-pyrrole nitrogens is 1. The molecule has 0 aliphatic heterocycles. The number of carbonyl (C=O) groups excluding carboxylic acids is 1. The molecule has 1 heterocycles. The maximum Gasteiger partial charge on any atom is 0.257 e. The van der Waals surface area contributed by atoms with Crippen molar-refractivity contribution in [1.82, 2.24) is 15.3 Å². The first-order chi connectivity index (χ1) is 14.7. The van der Waals surface area contributed by atoms with E-state index >= 15 is 0 Å². The number of benzene rings is 3. The lowest BCUT2D eigenvalue weighted by atomic mass is 10.1. The molecule has 0 saturated carbocycles. The molecule has 0 aliphatic rings. The number of nitrogens with one attached hydrogen (secondary N) is 2. The second-order valence-corrected chi connectivity index (χ2v) is 6.84. The molecule has 0 atom stereocenters. The van der Waals surface area contributed by atoms with Gasteiger partial charge in [0.05, 0.1) is 18.1 Å². The molecule has 30 heavy (non-hydrogen) atoms. The molecule has 1 amide bonds. The van der Waals surface area contributed by atoms with Crippen LogP contribution in [0.2, 0.25) is 0 Å². The summed E-state index contributed by atoms with van der Waals surface area (Å²) >= 11 is 0. The number of hydrogen-bond acceptors (Lipinski definition) is 4. The summed E-state index contributed by atoms with van der Waals surface area (Å²) in [5.41, 5.74) is 3.93. The topological polar surface area (TPSA) is 76.2 Å². The van der Waals surface area contributed by atoms with Crippen LogP contribution in [0.15, 0.2) is 72.8 Å². The Kier molecular flexibility index (Phi) is 5.94. The van der Waals surface area contributed by atoms with Crippen molar-refractivity contribution in [2.24, 2.45) is 0 Å². The van der Waals surface area contributed by atoms with E-state index < -0.39 is 0 Å². The normalized spacial score (nSPS) is 10.7. The van der Waals surface area contributed by atoms with Gasteiger partial charge < -0.3 is 19.8 Å². The van der Waals surface area contributed by atoms with Crippen molar-refractivity contribution in [2.45, 2.75) is 6.42 Å². The standard InChI is InChI=1S/C24H23N3O3/c1-29-22-15-18(24-26-19-9-5-6-10-20(19)27-24)11-12-21(22)30-16-23(28)25-14-13-17-7-3-2-4-8-17/h2-12,15H,13-14,16H2,1H3,(H,25,28)(H,26,27). The zero-order chi connectivity index (χ0) is 20.8. The Morgan fingerprint density at radius 2 is 1.80 bits per heavy atom. The maximum atomic E-state index is 12.1. The smallest absolute Gasteiger partial charge is 0.257 e. The summed E-state index contributed by atoms with van der Waals surface area (Å²) in [7, 11) is 1.57. The van der Waals surface area contributed by atoms with Gasteiger partial charge in [-0.2, -0.15) is 0 Å². The van der Waals surface area contributed by atoms with E-state index in [1.165, 1.54) is 5.56 Å². The number of imidazole rings is 1. The van der Waals surface area contributed by atoms with Gasteiger partial charge in [0, 0.05) is 12.1 Å². The van der Waals surface area contributed by atoms with Gasteiger partial charge in [-0.15, -0.1) is 0 Å². The highest BCUT2D eigenvalue weighted by Crippen LogP contribution is 2.32. The van der Waals surface area contributed by atoms with E-state index in [0.29, 0.717) is 18.0 Å². The van der Waals surface area contributed by atoms with Crippen molar-refractivity contribution in [3.8, 4) is 22.9 Å². The van der Waals surface area contributed by atoms with Crippen LogP contribution in [0.3, 0.4) is 0 Å². The fourth-order valence-corrected chi connectivity index (χ4v) is 3.21. The summed E-state index contributed by atoms with van der Waals surface area (Å²) in [6.45, 7) is 0.490. The SMILES string of the molecule is COc1cc(-c2nc3ccccc3[nH]2)ccc1OCC(=O)NCCc1ccccc1. The molecule has 6 nitrogen and oxygen atoms in total. The average molecular weight is 401 g/mol. The van der Waals surface area contributed by atoms with E-state index in [2.05, 4.69) is 15.3 Å². The van der Waals surface area contributed by atoms with Crippen molar-refractivity contribution in [2.75, 3.05) is 20.3 Å². The number of methoxy groups -OCH3 is 1. The van der Waals surface area contributed by atoms with Gasteiger partial charge in [0.2, 0.25) is 0 Å². The lowest BCUT2D eigenvalue weighted by Crippen LogP contribution is -2.30. The van der Waals surface area contributed by atoms with Gasteiger partial charge >= 0.3 is 0 Å². The lowest BCUT2D eigenvalue weighted by Gasteiger charge is -2.12. The molecule has 2 N–H and O–H groups in total. The molecule has 1 aromatic heterocycles. The van der Waals surface area contributed by atoms with E-state index in [1.54, 1.807) is 13.2 Å². The Bertz CT molecular complexity index is 1110. The third-order valence-electron chi connectivity index (χ3n) is 4.76. The summed E-state index contributed by atoms with van der Waals surface area (Å²) < 4.78 is 11.1. The molecule has 0 spiro atoms. The quantitative estimate of drug-likeness (QED) is 0.468. The van der Waals surface area contributed by atoms with Crippen molar-refractivity contribution in [3.05, 3.63) is 78.4 Å². The van der Waals surface area contributed by atoms with Gasteiger partial charge in [0.25, 0.3) is 5.91 Å². The number of rotatable bonds is 8. The van der Waals surface area contributed by atoms with Crippen LogP contribution in [0.1, 0.15) is 5.56 Å². The number of ether oxygens (including phenoxy) is 2. The minimum atomic E-state index is -0.172. The molecule has 0 aliphatic carbocycles. The summed E-state index contributed by atoms with van der Waals surface area (Å²) in [5, 5.41) is 2.87. The van der Waals surface area contributed by atoms with E-state index in [0.717, 1.165) is 28.8 Å². The number of fused-ring (bicyclic) bond motifs is 1. The van der Waals surface area contributed by atoms with Crippen molar-refractivity contribution < 1.29 is 14.3 Å². The van der Waals surface area contributed by atoms with Gasteiger partial charge in [-0.05, 0) is 42.3 Å². The van der Waals surface area contributed by atoms with Crippen LogP contribution >= 0.6 is 0 Å². The molecule has 152 valence electrons. The molecular weight excluding hydrogens is 378 g/mol. The van der Waals surface area contributed by atoms with Crippen molar-refractivity contribution >= 4 is 16.9 Å². The monoisotopic (exact) mass is 401 g/mol. The Labute approximate surface area is 174 Å². The Hall–Kier alpha value is -3.80. The summed E-state index contributed by atoms with van der Waals surface area (Å²) in [6.07, 6.45) is 0.780. The van der Waals surface area contributed by atoms with E-state index in [4.69, 9.17) is 9.47 Å². The predicted octanol–water partition coefficient (Wildman–Crippen LogP) is 3.98. The van der Waals surface area contributed by atoms with Crippen LogP contribution < -0.4 is 14.8 Å². The fourth-order valence-electron chi connectivity index (χ4n) is 3.21. The fraction of sp³-hybridized carbons (Fsp3) is 0.167. The van der Waals surface area contributed by atoms with Crippen LogP contribution in [0.25, 0.3) is 22.4 Å². The maximum absolute atomic E-state index is 12.1. The van der Waals surface area contributed by atoms with Crippen LogP contribution in [0, 0.1) is 0 Å². The first kappa shape index (κ1) is 19.5. The molecule has 4 rings (SSSR count). The molecule has 0 fully saturated rings. The van der Waals surface area contributed by atoms with E-state index in [-0.39, 0.29) is 12.5 Å². The average Bonchev–Trinajstić information content (AvgIpc) is 3.22. The highest BCUT2D eigenvalue weighted by molar-refractivity contribution is 5.80. The van der Waals surface area contributed by atoms with E-state index in [9.17, 15) is 4.79 Å². The highest BCUT2D eigenvalue weighted by Gasteiger charge is 2.12. The zero-order valence-electron chi connectivity index (χ0n) is 16.7. The number of carbonyl (C=O) groups is 1. The Morgan fingerprint density at radius 1 is 1.00 bits per heavy atom. The minimum absolute atomic E-state index is 0.0743. The van der Waals surface area contributed by atoms with Crippen LogP contribution in [0.4, 0.5) is 0 Å². The van der Waals surface area contributed by atoms with Crippen molar-refractivity contribution in [3.63, 3.8) is 0 Å². The molecule has 0 bridgehead atoms. The van der Waals surface area contributed by atoms with Crippen LogP contribution in [0.5, 0.6) is 11.5 Å². The number of hydrogen-bond donors (Lipinski definition) is 2. The minimum Gasteiger partial charge on any atom is -0.493 e. The Morgan fingerprint density at radius 3 is 2.60 bits per heavy atom. The van der Waals surface area contributed by atoms with E-state index in [1.807, 2.05) is 66.7 Å². The van der Waals surface area contributed by atoms with Crippen LogP contribution in [-0.4, -0.2) is 36.1 Å². The second-order valence-electron chi connectivity index (χ2n) is 6.84. The van der Waals surface area contributed by atoms with Crippen LogP contribution in [-0.2, 0) is 11.2 Å². The zero-order valence-corrected chi connectivity index (χ0v) is 16.7. The summed E-state index contributed by atoms with van der Waals surface area (Å²) in [4.78, 5) is 20.0. The van der Waals surface area contributed by atoms with Gasteiger partial charge in [-0.1, -0.05) is 42.5 Å². The molecule has 4 aromatic rings. The third-order valence-corrected chi connectivity index (χ3v) is 4.76. The lowest BCUT2D eigenvalue weighted by molar-refractivity contribution is -0.123. The predicted molar refractivity (Wildman–Crippen MR) is 117 cm³/mol. The third kappa shape index (κ3) is 4.60. The molecule has 0 radical (unpaired) electrons. The molecule has 6 heteroatoms. The molecule has 0 saturated heterocycles. The first-order valence-electron chi connectivity index (χ1n) is 9.79. The largest absolute Gasteiger partial charge is 0.493 e. The second kappa shape index (κ2) is 9.13. The van der Waals surface area contributed by atoms with Crippen molar-refractivity contribution in [1.29, 1.82) is 0 Å². The number of nitrogens with zero attached hydrogens (tertiary/aromatic N) is 1. The number of para-hydroxylation sites is 2. The summed E-state index contributed by atoms with van der Waals surface area (Å²) in [6, 6.07) is 23.4. The molecule has 0 unspecified atom stereocenters. The van der Waals surface area contributed by atoms with Gasteiger partial charge in [-0.25, -0.2) is 4.98 Å². The Balaban J connectivity index is 1.36. The summed E-state index contributed by atoms with van der Waals surface area (Å²) in [5.74, 6) is 1.63. The highest BCUT2D eigenvalue weighted by atomic mass is 16.5. The number of aromatic nitrogens is 2. The number of amides is 1. The van der Waals surface area contributed by atoms with Gasteiger partial charge in [-0.3, -0.25) is 4.79 Å².